The van der Waals surface area contributed by atoms with Crippen LogP contribution in [0.5, 0.6) is 0 Å². The molecule has 3 heteroatoms. The molecular formula is C14H19F2N. The molecule has 1 rings (SSSR count). The Labute approximate surface area is 102 Å². The number of benzene rings is 1. The lowest BCUT2D eigenvalue weighted by Gasteiger charge is -2.20. The van der Waals surface area contributed by atoms with E-state index in [9.17, 15) is 8.78 Å². The molecule has 0 radical (unpaired) electrons. The molecule has 0 saturated carbocycles. The van der Waals surface area contributed by atoms with Gasteiger partial charge >= 0.3 is 0 Å². The molecule has 0 aromatic heterocycles. The van der Waals surface area contributed by atoms with E-state index in [0.29, 0.717) is 6.54 Å². The summed E-state index contributed by atoms with van der Waals surface area (Å²) in [6, 6.07) is 3.89. The van der Waals surface area contributed by atoms with E-state index in [1.54, 1.807) is 6.08 Å². The van der Waals surface area contributed by atoms with E-state index in [4.69, 9.17) is 0 Å². The summed E-state index contributed by atoms with van der Waals surface area (Å²) < 4.78 is 26.8. The first-order valence-electron chi connectivity index (χ1n) is 5.66. The topological polar surface area (TPSA) is 12.0 Å². The summed E-state index contributed by atoms with van der Waals surface area (Å²) in [7, 11) is 0. The summed E-state index contributed by atoms with van der Waals surface area (Å²) in [6.45, 7) is 8.60. The van der Waals surface area contributed by atoms with Crippen molar-refractivity contribution in [3.63, 3.8) is 0 Å². The molecule has 0 amide bonds. The third kappa shape index (κ3) is 4.65. The van der Waals surface area contributed by atoms with Gasteiger partial charge in [0.1, 0.15) is 11.6 Å². The SMILES string of the molecule is CC(=Cc1c(F)cccc1F)CNC(C)(C)C. The Morgan fingerprint density at radius 3 is 2.24 bits per heavy atom. The van der Waals surface area contributed by atoms with E-state index in [-0.39, 0.29) is 11.1 Å². The number of hydrogen-bond acceptors (Lipinski definition) is 1. The van der Waals surface area contributed by atoms with Crippen LogP contribution >= 0.6 is 0 Å². The second-order valence-corrected chi connectivity index (χ2v) is 5.23. The lowest BCUT2D eigenvalue weighted by Crippen LogP contribution is -2.36. The molecule has 0 aliphatic rings. The monoisotopic (exact) mass is 239 g/mol. The first-order chi connectivity index (χ1) is 7.79. The maximum Gasteiger partial charge on any atom is 0.133 e. The molecule has 0 bridgehead atoms. The van der Waals surface area contributed by atoms with Crippen molar-refractivity contribution < 1.29 is 8.78 Å². The van der Waals surface area contributed by atoms with Crippen LogP contribution in [-0.4, -0.2) is 12.1 Å². The third-order valence-electron chi connectivity index (χ3n) is 2.29. The van der Waals surface area contributed by atoms with Gasteiger partial charge < -0.3 is 5.32 Å². The van der Waals surface area contributed by atoms with Gasteiger partial charge in [-0.3, -0.25) is 0 Å². The summed E-state index contributed by atoms with van der Waals surface area (Å²) in [6.07, 6.45) is 1.55. The van der Waals surface area contributed by atoms with E-state index in [1.165, 1.54) is 18.2 Å². The first-order valence-corrected chi connectivity index (χ1v) is 5.66. The smallest absolute Gasteiger partial charge is 0.133 e. The van der Waals surface area contributed by atoms with Crippen LogP contribution in [0.4, 0.5) is 8.78 Å². The zero-order valence-corrected chi connectivity index (χ0v) is 10.8. The van der Waals surface area contributed by atoms with Gasteiger partial charge in [-0.05, 0) is 45.9 Å². The minimum absolute atomic E-state index is 0.0110. The largest absolute Gasteiger partial charge is 0.308 e. The Morgan fingerprint density at radius 2 is 1.76 bits per heavy atom. The van der Waals surface area contributed by atoms with Crippen LogP contribution in [0.15, 0.2) is 23.8 Å². The van der Waals surface area contributed by atoms with Gasteiger partial charge in [-0.25, -0.2) is 8.78 Å². The highest BCUT2D eigenvalue weighted by Gasteiger charge is 2.09. The first kappa shape index (κ1) is 13.8. The average Bonchev–Trinajstić information content (AvgIpc) is 2.20. The van der Waals surface area contributed by atoms with Gasteiger partial charge in [0.2, 0.25) is 0 Å². The lowest BCUT2D eigenvalue weighted by molar-refractivity contribution is 0.445. The Morgan fingerprint density at radius 1 is 1.24 bits per heavy atom. The van der Waals surface area contributed by atoms with Crippen LogP contribution in [0.3, 0.4) is 0 Å². The average molecular weight is 239 g/mol. The van der Waals surface area contributed by atoms with Gasteiger partial charge in [-0.2, -0.15) is 0 Å². The second kappa shape index (κ2) is 5.41. The van der Waals surface area contributed by atoms with Gasteiger partial charge in [0.05, 0.1) is 0 Å². The van der Waals surface area contributed by atoms with E-state index in [2.05, 4.69) is 5.32 Å². The molecule has 1 aromatic carbocycles. The minimum Gasteiger partial charge on any atom is -0.308 e. The molecule has 0 saturated heterocycles. The molecule has 0 atom stereocenters. The van der Waals surface area contributed by atoms with Crippen molar-refractivity contribution in [2.75, 3.05) is 6.54 Å². The number of rotatable bonds is 3. The lowest BCUT2D eigenvalue weighted by atomic mass is 10.1. The fourth-order valence-corrected chi connectivity index (χ4v) is 1.35. The standard InChI is InChI=1S/C14H19F2N/c1-10(9-17-14(2,3)4)8-11-12(15)6-5-7-13(11)16/h5-8,17H,9H2,1-4H3. The highest BCUT2D eigenvalue weighted by atomic mass is 19.1. The molecule has 0 heterocycles. The Bertz CT molecular complexity index is 396. The molecule has 0 fully saturated rings. The van der Waals surface area contributed by atoms with Crippen LogP contribution in [0.25, 0.3) is 6.08 Å². The van der Waals surface area contributed by atoms with Gasteiger partial charge in [0.15, 0.2) is 0 Å². The highest BCUT2D eigenvalue weighted by molar-refractivity contribution is 5.54. The van der Waals surface area contributed by atoms with Crippen LogP contribution < -0.4 is 5.32 Å². The molecule has 1 aromatic rings. The van der Waals surface area contributed by atoms with Crippen molar-refractivity contribution in [2.24, 2.45) is 0 Å². The molecule has 0 aliphatic heterocycles. The van der Waals surface area contributed by atoms with E-state index < -0.39 is 11.6 Å². The maximum absolute atomic E-state index is 13.4. The fourth-order valence-electron chi connectivity index (χ4n) is 1.35. The molecule has 0 spiro atoms. The van der Waals surface area contributed by atoms with Gasteiger partial charge in [-0.15, -0.1) is 0 Å². The van der Waals surface area contributed by atoms with Crippen LogP contribution in [0.1, 0.15) is 33.3 Å². The van der Waals surface area contributed by atoms with Gasteiger partial charge in [-0.1, -0.05) is 11.6 Å². The molecule has 1 N–H and O–H groups in total. The van der Waals surface area contributed by atoms with Crippen LogP contribution in [0.2, 0.25) is 0 Å². The van der Waals surface area contributed by atoms with E-state index >= 15 is 0 Å². The predicted octanol–water partition coefficient (Wildman–Crippen LogP) is 3.76. The fraction of sp³-hybridized carbons (Fsp3) is 0.429. The zero-order chi connectivity index (χ0) is 13.1. The third-order valence-corrected chi connectivity index (χ3v) is 2.29. The molecule has 1 nitrogen and oxygen atoms in total. The Hall–Kier alpha value is -1.22. The van der Waals surface area contributed by atoms with Crippen molar-refractivity contribution in [3.8, 4) is 0 Å². The van der Waals surface area contributed by atoms with E-state index in [1.807, 2.05) is 27.7 Å². The summed E-state index contributed by atoms with van der Waals surface area (Å²) in [5, 5.41) is 3.27. The van der Waals surface area contributed by atoms with Crippen molar-refractivity contribution in [1.29, 1.82) is 0 Å². The quantitative estimate of drug-likeness (QED) is 0.847. The summed E-state index contributed by atoms with van der Waals surface area (Å²) >= 11 is 0. The molecule has 17 heavy (non-hydrogen) atoms. The number of halogens is 2. The van der Waals surface area contributed by atoms with Crippen molar-refractivity contribution in [3.05, 3.63) is 41.0 Å². The molecular weight excluding hydrogens is 220 g/mol. The van der Waals surface area contributed by atoms with Gasteiger partial charge in [0, 0.05) is 17.6 Å². The van der Waals surface area contributed by atoms with Crippen molar-refractivity contribution >= 4 is 6.08 Å². The zero-order valence-electron chi connectivity index (χ0n) is 10.8. The van der Waals surface area contributed by atoms with Crippen LogP contribution in [-0.2, 0) is 0 Å². The number of nitrogens with one attached hydrogen (secondary N) is 1. The Kier molecular flexibility index (Phi) is 4.40. The Balaban J connectivity index is 2.81. The van der Waals surface area contributed by atoms with Crippen molar-refractivity contribution in [1.82, 2.24) is 5.32 Å². The predicted molar refractivity (Wildman–Crippen MR) is 67.8 cm³/mol. The molecule has 0 unspecified atom stereocenters. The summed E-state index contributed by atoms with van der Waals surface area (Å²) in [4.78, 5) is 0. The maximum atomic E-state index is 13.4. The van der Waals surface area contributed by atoms with Crippen LogP contribution in [0, 0.1) is 11.6 Å². The second-order valence-electron chi connectivity index (χ2n) is 5.23. The molecule has 94 valence electrons. The number of hydrogen-bond donors (Lipinski definition) is 1. The van der Waals surface area contributed by atoms with Crippen molar-refractivity contribution in [2.45, 2.75) is 33.2 Å². The summed E-state index contributed by atoms with van der Waals surface area (Å²) in [5.41, 5.74) is 0.910. The normalized spacial score (nSPS) is 12.9. The highest BCUT2D eigenvalue weighted by Crippen LogP contribution is 2.15. The molecule has 0 aliphatic carbocycles. The van der Waals surface area contributed by atoms with E-state index in [0.717, 1.165) is 5.57 Å². The van der Waals surface area contributed by atoms with Gasteiger partial charge in [0.25, 0.3) is 0 Å². The minimum atomic E-state index is -0.528. The summed E-state index contributed by atoms with van der Waals surface area (Å²) in [5.74, 6) is -1.06.